The van der Waals surface area contributed by atoms with Gasteiger partial charge in [0.2, 0.25) is 15.9 Å². The zero-order valence-electron chi connectivity index (χ0n) is 37.7. The zero-order valence-corrected chi connectivity index (χ0v) is 39.3. The first-order valence-corrected chi connectivity index (χ1v) is 21.8. The van der Waals surface area contributed by atoms with Gasteiger partial charge in [0.25, 0.3) is 0 Å². The summed E-state index contributed by atoms with van der Waals surface area (Å²) in [7, 11) is 1.09. The number of aliphatic hydroxyl groups is 5. The predicted octanol–water partition coefficient (Wildman–Crippen LogP) is 2.86. The van der Waals surface area contributed by atoms with Crippen molar-refractivity contribution in [2.75, 3.05) is 59.5 Å². The third-order valence-corrected chi connectivity index (χ3v) is 6.42. The molecule has 0 bridgehead atoms. The number of hydrogen-bond acceptors (Lipinski definition) is 14. The molecule has 0 fully saturated rings. The van der Waals surface area contributed by atoms with Gasteiger partial charge in [0.05, 0.1) is 43.2 Å². The van der Waals surface area contributed by atoms with Gasteiger partial charge in [-0.15, -0.1) is 0 Å². The quantitative estimate of drug-likeness (QED) is 0.143. The third-order valence-electron chi connectivity index (χ3n) is 4.63. The van der Waals surface area contributed by atoms with Gasteiger partial charge in [-0.05, 0) is 103 Å². The van der Waals surface area contributed by atoms with Crippen molar-refractivity contribution in [1.29, 1.82) is 0 Å². The van der Waals surface area contributed by atoms with E-state index in [0.29, 0.717) is 13.0 Å². The second kappa shape index (κ2) is 64.0. The highest BCUT2D eigenvalue weighted by atomic mass is 32.2. The van der Waals surface area contributed by atoms with Gasteiger partial charge in [0.15, 0.2) is 0 Å². The summed E-state index contributed by atoms with van der Waals surface area (Å²) < 4.78 is 41.9. The van der Waals surface area contributed by atoms with Crippen molar-refractivity contribution in [1.82, 2.24) is 20.7 Å². The summed E-state index contributed by atoms with van der Waals surface area (Å²) >= 11 is 0. The Morgan fingerprint density at radius 2 is 0.909 bits per heavy atom. The summed E-state index contributed by atoms with van der Waals surface area (Å²) in [5.41, 5.74) is 0. The number of Topliss-reactive ketones (excluding diaryl/α,β-unsaturated/α-hetero) is 2. The maximum atomic E-state index is 10.4. The fourth-order valence-electron chi connectivity index (χ4n) is 0.666. The van der Waals surface area contributed by atoms with Crippen LogP contribution in [0.4, 0.5) is 0 Å². The summed E-state index contributed by atoms with van der Waals surface area (Å²) in [4.78, 5) is 29.6. The molecule has 0 rings (SSSR count). The number of sulfone groups is 1. The second-order valence-electron chi connectivity index (χ2n) is 11.4. The van der Waals surface area contributed by atoms with Gasteiger partial charge < -0.3 is 51.1 Å². The van der Waals surface area contributed by atoms with E-state index in [2.05, 4.69) is 27.6 Å². The molecule has 18 heteroatoms. The summed E-state index contributed by atoms with van der Waals surface area (Å²) in [6, 6.07) is 0. The lowest BCUT2D eigenvalue weighted by Gasteiger charge is -2.03. The molecular formula is C37H92N4O12S2. The number of sulfonamides is 1. The van der Waals surface area contributed by atoms with Crippen LogP contribution in [0.1, 0.15) is 124 Å². The molecule has 0 radical (unpaired) electrons. The monoisotopic (exact) mass is 849 g/mol. The topological polar surface area (TPSA) is 269 Å². The van der Waals surface area contributed by atoms with Crippen LogP contribution in [-0.4, -0.2) is 150 Å². The minimum atomic E-state index is -2.91. The Bertz CT molecular complexity index is 927. The summed E-state index contributed by atoms with van der Waals surface area (Å²) in [5.74, 6) is 0.539. The van der Waals surface area contributed by atoms with E-state index in [9.17, 15) is 31.2 Å². The standard InChI is InChI=1S/C5H11NO2.C4H11NO.C4H10O2.C4H10O.C4H8O.C4H8.C3H9N.C3H8O2S.C3H6O.C2H7NO2S.CH4/c1-4(7)3-5(8)6-2;1-4(6)3-5-2;1-3(5)4(2)6;2*1-3-4(2)5;2*1-3-4-2;1-3-6(2,4)5;1-3(2)4;1-3-6(2,4)5;/h4,7H,3H2,1-2H3,(H,6,8);4-6H,3H2,1-2H3;3-6H,1-2H3;4-5H,3H2,1-2H3;3H2,1-2H3;3-4H,1-2H3;4H,3H2,1-2H3;3H2,1-2H3;1-2H3;3H,1-2H3;1H4. The lowest BCUT2D eigenvalue weighted by molar-refractivity contribution is -0.122. The van der Waals surface area contributed by atoms with Gasteiger partial charge in [-0.1, -0.05) is 47.3 Å². The highest BCUT2D eigenvalue weighted by Gasteiger charge is 2.01. The molecule has 0 aliphatic rings. The Morgan fingerprint density at radius 3 is 0.927 bits per heavy atom. The van der Waals surface area contributed by atoms with Crippen molar-refractivity contribution in [2.24, 2.45) is 0 Å². The van der Waals surface area contributed by atoms with Crippen LogP contribution >= 0.6 is 0 Å². The molecular weight excluding hydrogens is 757 g/mol. The smallest absolute Gasteiger partial charge is 0.222 e. The molecule has 0 aromatic carbocycles. The average molecular weight is 849 g/mol. The lowest BCUT2D eigenvalue weighted by Crippen LogP contribution is -2.21. The zero-order chi connectivity index (χ0) is 46.1. The number of carbonyl (C=O) groups is 3. The lowest BCUT2D eigenvalue weighted by atomic mass is 10.3. The van der Waals surface area contributed by atoms with Crippen molar-refractivity contribution in [3.8, 4) is 0 Å². The SMILES string of the molecule is C.CC(C)=O.CC(O)C(C)O.CC=CC.CCC(C)=O.CCC(C)O.CCNC.CCS(C)(=O)=O.CNC(=O)CC(C)O.CNCC(C)O.CNS(C)(=O)=O. The molecule has 0 aliphatic heterocycles. The molecule has 0 spiro atoms. The van der Waals surface area contributed by atoms with Gasteiger partial charge in [-0.25, -0.2) is 21.6 Å². The van der Waals surface area contributed by atoms with Crippen molar-refractivity contribution in [3.05, 3.63) is 12.2 Å². The van der Waals surface area contributed by atoms with E-state index < -0.39 is 38.2 Å². The van der Waals surface area contributed by atoms with E-state index in [4.69, 9.17) is 25.5 Å². The molecule has 0 aromatic heterocycles. The van der Waals surface area contributed by atoms with E-state index in [1.807, 2.05) is 53.9 Å². The van der Waals surface area contributed by atoms with E-state index in [-0.39, 0.29) is 49.3 Å². The number of aliphatic hydroxyl groups excluding tert-OH is 5. The van der Waals surface area contributed by atoms with Crippen LogP contribution < -0.4 is 20.7 Å². The summed E-state index contributed by atoms with van der Waals surface area (Å²) in [6.45, 7) is 26.1. The fourth-order valence-corrected chi connectivity index (χ4v) is 0.666. The van der Waals surface area contributed by atoms with Gasteiger partial charge in [-0.2, -0.15) is 0 Å². The number of carbonyl (C=O) groups excluding carboxylic acids is 3. The number of nitrogens with one attached hydrogen (secondary N) is 4. The van der Waals surface area contributed by atoms with E-state index >= 15 is 0 Å². The first-order valence-electron chi connectivity index (χ1n) is 17.8. The van der Waals surface area contributed by atoms with Crippen LogP contribution in [0.3, 0.4) is 0 Å². The van der Waals surface area contributed by atoms with Gasteiger partial charge >= 0.3 is 0 Å². The Hall–Kier alpha value is -1.87. The van der Waals surface area contributed by atoms with E-state index in [1.54, 1.807) is 55.5 Å². The molecule has 344 valence electrons. The molecule has 0 saturated carbocycles. The highest BCUT2D eigenvalue weighted by molar-refractivity contribution is 7.90. The molecule has 0 heterocycles. The van der Waals surface area contributed by atoms with Crippen LogP contribution in [0.5, 0.6) is 0 Å². The maximum absolute atomic E-state index is 10.4. The number of likely N-dealkylation sites (N-methyl/N-ethyl adjacent to an activating group) is 1. The molecule has 5 unspecified atom stereocenters. The number of rotatable bonds is 10. The number of hydrogen-bond donors (Lipinski definition) is 9. The van der Waals surface area contributed by atoms with Gasteiger partial charge in [-0.3, -0.25) is 4.79 Å². The third kappa shape index (κ3) is 245. The maximum Gasteiger partial charge on any atom is 0.222 e. The highest BCUT2D eigenvalue weighted by Crippen LogP contribution is 1.86. The van der Waals surface area contributed by atoms with Crippen LogP contribution in [0, 0.1) is 0 Å². The van der Waals surface area contributed by atoms with Crippen LogP contribution in [-0.2, 0) is 34.2 Å². The summed E-state index contributed by atoms with van der Waals surface area (Å²) in [5, 5.41) is 50.3. The Morgan fingerprint density at radius 1 is 0.655 bits per heavy atom. The predicted molar refractivity (Wildman–Crippen MR) is 235 cm³/mol. The minimum absolute atomic E-state index is 0. The second-order valence-corrected chi connectivity index (χ2v) is 15.8. The normalized spacial score (nSPS) is 11.9. The fraction of sp³-hybridized carbons (Fsp3) is 0.865. The number of ketones is 2. The van der Waals surface area contributed by atoms with Crippen LogP contribution in [0.2, 0.25) is 0 Å². The molecule has 9 N–H and O–H groups in total. The Labute approximate surface area is 339 Å². The van der Waals surface area contributed by atoms with Gasteiger partial charge in [0, 0.05) is 32.0 Å². The van der Waals surface area contributed by atoms with Crippen LogP contribution in [0.15, 0.2) is 12.2 Å². The van der Waals surface area contributed by atoms with E-state index in [0.717, 1.165) is 19.2 Å². The van der Waals surface area contributed by atoms with Crippen molar-refractivity contribution >= 4 is 37.3 Å². The van der Waals surface area contributed by atoms with E-state index in [1.165, 1.54) is 27.2 Å². The molecule has 1 amide bonds. The molecule has 0 aromatic rings. The van der Waals surface area contributed by atoms with Crippen molar-refractivity contribution in [3.63, 3.8) is 0 Å². The molecule has 5 atom stereocenters. The number of allylic oxidation sites excluding steroid dienone is 2. The largest absolute Gasteiger partial charge is 0.393 e. The first-order chi connectivity index (χ1) is 24.3. The Kier molecular flexibility index (Phi) is 94.7. The molecule has 0 aliphatic carbocycles. The summed E-state index contributed by atoms with van der Waals surface area (Å²) in [6.07, 6.45) is 5.99. The minimum Gasteiger partial charge on any atom is -0.393 e. The number of amides is 1. The van der Waals surface area contributed by atoms with Crippen molar-refractivity contribution in [2.45, 2.75) is 154 Å². The molecule has 16 nitrogen and oxygen atoms in total. The van der Waals surface area contributed by atoms with Gasteiger partial charge in [0.1, 0.15) is 21.4 Å². The van der Waals surface area contributed by atoms with Crippen molar-refractivity contribution < 1.29 is 56.8 Å². The first kappa shape index (κ1) is 81.3. The molecule has 55 heavy (non-hydrogen) atoms. The van der Waals surface area contributed by atoms with Crippen LogP contribution in [0.25, 0.3) is 0 Å². The average Bonchev–Trinajstić information content (AvgIpc) is 3.05. The Balaban J connectivity index is -0.0000000437. The molecule has 0 saturated heterocycles.